The summed E-state index contributed by atoms with van der Waals surface area (Å²) in [6.45, 7) is 13.2. The van der Waals surface area contributed by atoms with Gasteiger partial charge in [0.15, 0.2) is 0 Å². The van der Waals surface area contributed by atoms with Gasteiger partial charge in [0, 0.05) is 0 Å². The Balaban J connectivity index is 2.24. The molecule has 0 atom stereocenters. The van der Waals surface area contributed by atoms with E-state index >= 15 is 0 Å². The second-order valence-electron chi connectivity index (χ2n) is 8.60. The summed E-state index contributed by atoms with van der Waals surface area (Å²) in [5.41, 5.74) is 7.77. The average molecular weight is 352 g/mol. The SMILES string of the molecule is CC(C)(C)c1cc(NN=Cc2ccc(C(=O)O)cc2)cc(C(C)(C)C)c1. The van der Waals surface area contributed by atoms with Crippen LogP contribution in [0, 0.1) is 0 Å². The van der Waals surface area contributed by atoms with Crippen molar-refractivity contribution in [3.63, 3.8) is 0 Å². The number of anilines is 1. The Kier molecular flexibility index (Phi) is 5.55. The third kappa shape index (κ3) is 5.19. The summed E-state index contributed by atoms with van der Waals surface area (Å²) in [6, 6.07) is 13.1. The van der Waals surface area contributed by atoms with Crippen molar-refractivity contribution >= 4 is 17.9 Å². The number of nitrogens with one attached hydrogen (secondary N) is 1. The molecule has 0 spiro atoms. The number of carbonyl (C=O) groups is 1. The molecular formula is C22H28N2O2. The lowest BCUT2D eigenvalue weighted by atomic mass is 9.80. The Hall–Kier alpha value is -2.62. The Bertz CT molecular complexity index is 775. The van der Waals surface area contributed by atoms with E-state index in [1.54, 1.807) is 30.5 Å². The lowest BCUT2D eigenvalue weighted by Gasteiger charge is -2.26. The summed E-state index contributed by atoms with van der Waals surface area (Å²) in [5, 5.41) is 13.2. The molecule has 2 aromatic carbocycles. The van der Waals surface area contributed by atoms with E-state index in [2.05, 4.69) is 70.3 Å². The van der Waals surface area contributed by atoms with Crippen molar-refractivity contribution in [3.8, 4) is 0 Å². The summed E-state index contributed by atoms with van der Waals surface area (Å²) in [6.07, 6.45) is 1.69. The van der Waals surface area contributed by atoms with Crippen LogP contribution in [0.1, 0.15) is 68.6 Å². The number of carboxylic acid groups (broad SMARTS) is 1. The van der Waals surface area contributed by atoms with Gasteiger partial charge in [0.25, 0.3) is 0 Å². The van der Waals surface area contributed by atoms with E-state index in [1.807, 2.05) is 0 Å². The highest BCUT2D eigenvalue weighted by atomic mass is 16.4. The van der Waals surface area contributed by atoms with E-state index in [1.165, 1.54) is 11.1 Å². The van der Waals surface area contributed by atoms with Crippen LogP contribution >= 0.6 is 0 Å². The Morgan fingerprint density at radius 2 is 1.42 bits per heavy atom. The van der Waals surface area contributed by atoms with Gasteiger partial charge in [-0.25, -0.2) is 4.79 Å². The molecule has 0 radical (unpaired) electrons. The van der Waals surface area contributed by atoms with Crippen LogP contribution in [0.2, 0.25) is 0 Å². The minimum absolute atomic E-state index is 0.0497. The number of carboxylic acids is 1. The van der Waals surface area contributed by atoms with Crippen molar-refractivity contribution in [1.82, 2.24) is 0 Å². The second kappa shape index (κ2) is 7.32. The van der Waals surface area contributed by atoms with Crippen molar-refractivity contribution in [2.75, 3.05) is 5.43 Å². The number of nitrogens with zero attached hydrogens (tertiary/aromatic N) is 1. The van der Waals surface area contributed by atoms with Crippen LogP contribution in [0.4, 0.5) is 5.69 Å². The van der Waals surface area contributed by atoms with Gasteiger partial charge in [-0.05, 0) is 51.8 Å². The van der Waals surface area contributed by atoms with Gasteiger partial charge in [0.1, 0.15) is 0 Å². The number of hydrazone groups is 1. The molecule has 2 N–H and O–H groups in total. The molecule has 2 rings (SSSR count). The zero-order valence-corrected chi connectivity index (χ0v) is 16.4. The number of aromatic carboxylic acids is 1. The molecular weight excluding hydrogens is 324 g/mol. The van der Waals surface area contributed by atoms with Crippen LogP contribution in [0.3, 0.4) is 0 Å². The minimum atomic E-state index is -0.930. The second-order valence-corrected chi connectivity index (χ2v) is 8.60. The normalized spacial score (nSPS) is 12.4. The van der Waals surface area contributed by atoms with E-state index in [-0.39, 0.29) is 16.4 Å². The van der Waals surface area contributed by atoms with Gasteiger partial charge in [0.05, 0.1) is 17.5 Å². The molecule has 4 heteroatoms. The van der Waals surface area contributed by atoms with Gasteiger partial charge in [-0.2, -0.15) is 5.10 Å². The molecule has 0 aliphatic carbocycles. The molecule has 0 bridgehead atoms. The molecule has 0 amide bonds. The quantitative estimate of drug-likeness (QED) is 0.570. The summed E-state index contributed by atoms with van der Waals surface area (Å²) in [4.78, 5) is 10.9. The molecule has 0 saturated carbocycles. The monoisotopic (exact) mass is 352 g/mol. The van der Waals surface area contributed by atoms with Crippen molar-refractivity contribution in [1.29, 1.82) is 0 Å². The van der Waals surface area contributed by atoms with Gasteiger partial charge in [-0.3, -0.25) is 5.43 Å². The lowest BCUT2D eigenvalue weighted by Crippen LogP contribution is -2.16. The maximum Gasteiger partial charge on any atom is 0.335 e. The number of rotatable bonds is 4. The molecule has 0 aliphatic rings. The molecule has 0 heterocycles. The van der Waals surface area contributed by atoms with Gasteiger partial charge in [-0.15, -0.1) is 0 Å². The van der Waals surface area contributed by atoms with E-state index in [9.17, 15) is 4.79 Å². The smallest absolute Gasteiger partial charge is 0.335 e. The highest BCUT2D eigenvalue weighted by Crippen LogP contribution is 2.32. The molecule has 0 aliphatic heterocycles. The van der Waals surface area contributed by atoms with Crippen LogP contribution in [0.25, 0.3) is 0 Å². The zero-order chi connectivity index (χ0) is 19.5. The first kappa shape index (κ1) is 19.7. The van der Waals surface area contributed by atoms with Crippen molar-refractivity contribution in [3.05, 3.63) is 64.7 Å². The first-order valence-electron chi connectivity index (χ1n) is 8.75. The van der Waals surface area contributed by atoms with Crippen molar-refractivity contribution < 1.29 is 9.90 Å². The van der Waals surface area contributed by atoms with E-state index in [0.717, 1.165) is 11.3 Å². The summed E-state index contributed by atoms with van der Waals surface area (Å²) < 4.78 is 0. The van der Waals surface area contributed by atoms with Crippen molar-refractivity contribution in [2.45, 2.75) is 52.4 Å². The molecule has 0 aromatic heterocycles. The standard InChI is InChI=1S/C22H28N2O2/c1-21(2,3)17-11-18(22(4,5)6)13-19(12-17)24-23-14-15-7-9-16(10-8-15)20(25)26/h7-14,24H,1-6H3,(H,25,26). The first-order chi connectivity index (χ1) is 12.0. The Morgan fingerprint density at radius 1 is 0.923 bits per heavy atom. The molecule has 2 aromatic rings. The molecule has 0 unspecified atom stereocenters. The van der Waals surface area contributed by atoms with Crippen LogP contribution < -0.4 is 5.43 Å². The summed E-state index contributed by atoms with van der Waals surface area (Å²) >= 11 is 0. The van der Waals surface area contributed by atoms with Gasteiger partial charge >= 0.3 is 5.97 Å². The molecule has 0 fully saturated rings. The lowest BCUT2D eigenvalue weighted by molar-refractivity contribution is 0.0697. The number of hydrogen-bond donors (Lipinski definition) is 2. The summed E-state index contributed by atoms with van der Waals surface area (Å²) in [5.74, 6) is -0.930. The van der Waals surface area contributed by atoms with Gasteiger partial charge < -0.3 is 5.11 Å². The maximum absolute atomic E-state index is 10.9. The zero-order valence-electron chi connectivity index (χ0n) is 16.4. The highest BCUT2D eigenvalue weighted by Gasteiger charge is 2.20. The molecule has 26 heavy (non-hydrogen) atoms. The van der Waals surface area contributed by atoms with Crippen LogP contribution in [0.5, 0.6) is 0 Å². The number of hydrogen-bond acceptors (Lipinski definition) is 3. The third-order valence-electron chi connectivity index (χ3n) is 4.23. The van der Waals surface area contributed by atoms with Gasteiger partial charge in [-0.1, -0.05) is 59.7 Å². The largest absolute Gasteiger partial charge is 0.478 e. The van der Waals surface area contributed by atoms with Crippen LogP contribution in [-0.2, 0) is 10.8 Å². The topological polar surface area (TPSA) is 61.7 Å². The Morgan fingerprint density at radius 3 is 1.85 bits per heavy atom. The van der Waals surface area contributed by atoms with E-state index in [0.29, 0.717) is 0 Å². The van der Waals surface area contributed by atoms with Gasteiger partial charge in [0.2, 0.25) is 0 Å². The first-order valence-corrected chi connectivity index (χ1v) is 8.75. The molecule has 0 saturated heterocycles. The Labute approximate surface area is 156 Å². The number of benzene rings is 2. The molecule has 4 nitrogen and oxygen atoms in total. The van der Waals surface area contributed by atoms with Crippen LogP contribution in [-0.4, -0.2) is 17.3 Å². The van der Waals surface area contributed by atoms with E-state index < -0.39 is 5.97 Å². The molecule has 138 valence electrons. The fraction of sp³-hybridized carbons (Fsp3) is 0.364. The van der Waals surface area contributed by atoms with Crippen LogP contribution in [0.15, 0.2) is 47.6 Å². The maximum atomic E-state index is 10.9. The predicted octanol–water partition coefficient (Wildman–Crippen LogP) is 5.43. The predicted molar refractivity (Wildman–Crippen MR) is 108 cm³/mol. The fourth-order valence-electron chi connectivity index (χ4n) is 2.45. The highest BCUT2D eigenvalue weighted by molar-refractivity contribution is 5.89. The summed E-state index contributed by atoms with van der Waals surface area (Å²) in [7, 11) is 0. The third-order valence-corrected chi connectivity index (χ3v) is 4.23. The fourth-order valence-corrected chi connectivity index (χ4v) is 2.45. The van der Waals surface area contributed by atoms with E-state index in [4.69, 9.17) is 5.11 Å². The van der Waals surface area contributed by atoms with Crippen molar-refractivity contribution in [2.24, 2.45) is 5.10 Å². The average Bonchev–Trinajstić information content (AvgIpc) is 2.53. The minimum Gasteiger partial charge on any atom is -0.478 e.